The van der Waals surface area contributed by atoms with Crippen molar-refractivity contribution in [1.82, 2.24) is 5.32 Å². The van der Waals surface area contributed by atoms with Crippen LogP contribution < -0.4 is 5.32 Å². The van der Waals surface area contributed by atoms with Gasteiger partial charge in [0.1, 0.15) is 0 Å². The second kappa shape index (κ2) is 9.39. The van der Waals surface area contributed by atoms with Crippen molar-refractivity contribution in [3.05, 3.63) is 71.8 Å². The van der Waals surface area contributed by atoms with Gasteiger partial charge in [0.25, 0.3) is 0 Å². The second-order valence-corrected chi connectivity index (χ2v) is 6.56. The van der Waals surface area contributed by atoms with Crippen LogP contribution in [0.3, 0.4) is 0 Å². The summed E-state index contributed by atoms with van der Waals surface area (Å²) in [7, 11) is 0. The zero-order valence-corrected chi connectivity index (χ0v) is 14.5. The lowest BCUT2D eigenvalue weighted by molar-refractivity contribution is 0.412. The molecule has 24 heavy (non-hydrogen) atoms. The minimum atomic E-state index is 0.611. The molecule has 1 unspecified atom stereocenters. The SMILES string of the molecule is c1ccc(C2=NCCCC2)cc1.c1ccc(C2CCCCN2)cc1. The lowest BCUT2D eigenvalue weighted by atomic mass is 9.98. The van der Waals surface area contributed by atoms with Crippen LogP contribution in [-0.2, 0) is 0 Å². The molecule has 2 heteroatoms. The number of benzene rings is 2. The summed E-state index contributed by atoms with van der Waals surface area (Å²) in [5.74, 6) is 0. The monoisotopic (exact) mass is 320 g/mol. The van der Waals surface area contributed by atoms with Crippen molar-refractivity contribution in [1.29, 1.82) is 0 Å². The van der Waals surface area contributed by atoms with E-state index >= 15 is 0 Å². The quantitative estimate of drug-likeness (QED) is 0.812. The Morgan fingerprint density at radius 3 is 2.17 bits per heavy atom. The van der Waals surface area contributed by atoms with Gasteiger partial charge in [0.05, 0.1) is 0 Å². The molecule has 2 aromatic carbocycles. The van der Waals surface area contributed by atoms with Gasteiger partial charge in [-0.1, -0.05) is 67.1 Å². The van der Waals surface area contributed by atoms with Crippen molar-refractivity contribution in [2.75, 3.05) is 13.1 Å². The highest BCUT2D eigenvalue weighted by Crippen LogP contribution is 2.21. The number of hydrogen-bond acceptors (Lipinski definition) is 2. The molecule has 2 aliphatic rings. The lowest BCUT2D eigenvalue weighted by Gasteiger charge is -2.23. The molecule has 1 fully saturated rings. The van der Waals surface area contributed by atoms with E-state index in [4.69, 9.17) is 0 Å². The number of rotatable bonds is 2. The summed E-state index contributed by atoms with van der Waals surface area (Å²) in [6.07, 6.45) is 7.72. The van der Waals surface area contributed by atoms with Gasteiger partial charge in [-0.15, -0.1) is 0 Å². The van der Waals surface area contributed by atoms with Gasteiger partial charge in [-0.2, -0.15) is 0 Å². The fraction of sp³-hybridized carbons (Fsp3) is 0.409. The van der Waals surface area contributed by atoms with E-state index in [0.717, 1.165) is 13.0 Å². The van der Waals surface area contributed by atoms with Gasteiger partial charge >= 0.3 is 0 Å². The summed E-state index contributed by atoms with van der Waals surface area (Å²) in [4.78, 5) is 4.52. The van der Waals surface area contributed by atoms with Gasteiger partial charge in [0.2, 0.25) is 0 Å². The molecule has 2 nitrogen and oxygen atoms in total. The molecule has 0 bridgehead atoms. The number of piperidine rings is 1. The second-order valence-electron chi connectivity index (χ2n) is 6.56. The summed E-state index contributed by atoms with van der Waals surface area (Å²) < 4.78 is 0. The summed E-state index contributed by atoms with van der Waals surface area (Å²) in [5, 5.41) is 3.54. The molecule has 0 spiro atoms. The number of hydrogen-bond donors (Lipinski definition) is 1. The van der Waals surface area contributed by atoms with Gasteiger partial charge in [0, 0.05) is 18.3 Å². The summed E-state index contributed by atoms with van der Waals surface area (Å²) in [6, 6.07) is 21.8. The lowest BCUT2D eigenvalue weighted by Crippen LogP contribution is -2.26. The average Bonchev–Trinajstić information content (AvgIpc) is 2.71. The smallest absolute Gasteiger partial charge is 0.0420 e. The molecule has 1 saturated heterocycles. The van der Waals surface area contributed by atoms with Crippen molar-refractivity contribution in [3.8, 4) is 0 Å². The molecule has 0 amide bonds. The van der Waals surface area contributed by atoms with Crippen molar-refractivity contribution in [3.63, 3.8) is 0 Å². The standard InChI is InChI=1S/C11H15N.C11H13N/c2*1-2-6-10(7-3-1)11-8-4-5-9-12-11/h1-3,6-7,11-12H,4-5,8-9H2;1-3,6-7H,4-5,8-9H2. The summed E-state index contributed by atoms with van der Waals surface area (Å²) in [6.45, 7) is 2.20. The molecule has 1 N–H and O–H groups in total. The Kier molecular flexibility index (Phi) is 6.61. The van der Waals surface area contributed by atoms with E-state index in [1.54, 1.807) is 0 Å². The van der Waals surface area contributed by atoms with Gasteiger partial charge in [-0.25, -0.2) is 0 Å². The highest BCUT2D eigenvalue weighted by Gasteiger charge is 2.13. The fourth-order valence-corrected chi connectivity index (χ4v) is 3.39. The van der Waals surface area contributed by atoms with E-state index in [0.29, 0.717) is 6.04 Å². The molecule has 0 saturated carbocycles. The fourth-order valence-electron chi connectivity index (χ4n) is 3.39. The normalized spacial score (nSPS) is 20.5. The first-order valence-corrected chi connectivity index (χ1v) is 9.30. The number of nitrogens with one attached hydrogen (secondary N) is 1. The molecule has 1 atom stereocenters. The van der Waals surface area contributed by atoms with Crippen LogP contribution in [0.15, 0.2) is 65.7 Å². The van der Waals surface area contributed by atoms with E-state index in [-0.39, 0.29) is 0 Å². The predicted octanol–water partition coefficient (Wildman–Crippen LogP) is 5.16. The molecule has 0 aliphatic carbocycles. The Labute approximate surface area is 146 Å². The maximum absolute atomic E-state index is 4.52. The first-order chi connectivity index (χ1) is 11.9. The van der Waals surface area contributed by atoms with Gasteiger partial charge < -0.3 is 5.32 Å². The van der Waals surface area contributed by atoms with E-state index in [1.165, 1.54) is 55.5 Å². The molecule has 0 aromatic heterocycles. The molecule has 2 aliphatic heterocycles. The van der Waals surface area contributed by atoms with Crippen LogP contribution in [0.4, 0.5) is 0 Å². The minimum Gasteiger partial charge on any atom is -0.310 e. The third-order valence-electron chi connectivity index (χ3n) is 4.74. The van der Waals surface area contributed by atoms with Crippen LogP contribution in [0.25, 0.3) is 0 Å². The molecule has 2 aromatic rings. The zero-order valence-electron chi connectivity index (χ0n) is 14.5. The van der Waals surface area contributed by atoms with Gasteiger partial charge in [-0.3, -0.25) is 4.99 Å². The maximum Gasteiger partial charge on any atom is 0.0420 e. The summed E-state index contributed by atoms with van der Waals surface area (Å²) >= 11 is 0. The third kappa shape index (κ3) is 5.04. The Balaban J connectivity index is 0.000000141. The largest absolute Gasteiger partial charge is 0.310 e. The Morgan fingerprint density at radius 2 is 1.54 bits per heavy atom. The highest BCUT2D eigenvalue weighted by molar-refractivity contribution is 6.00. The van der Waals surface area contributed by atoms with Crippen LogP contribution in [0.1, 0.15) is 55.7 Å². The molecule has 126 valence electrons. The zero-order chi connectivity index (χ0) is 16.5. The molecular formula is C22H28N2. The Bertz CT molecular complexity index is 613. The van der Waals surface area contributed by atoms with E-state index in [9.17, 15) is 0 Å². The average molecular weight is 320 g/mol. The van der Waals surface area contributed by atoms with Gasteiger partial charge in [-0.05, 0) is 49.8 Å². The molecule has 4 rings (SSSR count). The minimum absolute atomic E-state index is 0.611. The van der Waals surface area contributed by atoms with Crippen LogP contribution in [0.5, 0.6) is 0 Å². The topological polar surface area (TPSA) is 24.4 Å². The van der Waals surface area contributed by atoms with Crippen LogP contribution in [-0.4, -0.2) is 18.8 Å². The number of nitrogens with zero attached hydrogens (tertiary/aromatic N) is 1. The van der Waals surface area contributed by atoms with Crippen molar-refractivity contribution >= 4 is 5.71 Å². The van der Waals surface area contributed by atoms with E-state index in [2.05, 4.69) is 64.9 Å². The van der Waals surface area contributed by atoms with Crippen molar-refractivity contribution in [2.45, 2.75) is 44.6 Å². The van der Waals surface area contributed by atoms with E-state index in [1.807, 2.05) is 6.07 Å². The Hall–Kier alpha value is -1.93. The van der Waals surface area contributed by atoms with Crippen molar-refractivity contribution in [2.24, 2.45) is 4.99 Å². The summed E-state index contributed by atoms with van der Waals surface area (Å²) in [5.41, 5.74) is 4.04. The molecular weight excluding hydrogens is 292 g/mol. The first-order valence-electron chi connectivity index (χ1n) is 9.30. The number of aliphatic imine (C=N–C) groups is 1. The van der Waals surface area contributed by atoms with E-state index < -0.39 is 0 Å². The van der Waals surface area contributed by atoms with Crippen LogP contribution in [0, 0.1) is 0 Å². The van der Waals surface area contributed by atoms with Crippen LogP contribution in [0.2, 0.25) is 0 Å². The highest BCUT2D eigenvalue weighted by atomic mass is 14.9. The first kappa shape index (κ1) is 16.9. The predicted molar refractivity (Wildman–Crippen MR) is 103 cm³/mol. The molecule has 0 radical (unpaired) electrons. The third-order valence-corrected chi connectivity index (χ3v) is 4.74. The van der Waals surface area contributed by atoms with Crippen molar-refractivity contribution < 1.29 is 0 Å². The molecule has 2 heterocycles. The van der Waals surface area contributed by atoms with Crippen LogP contribution >= 0.6 is 0 Å². The maximum atomic E-state index is 4.52. The Morgan fingerprint density at radius 1 is 0.792 bits per heavy atom. The van der Waals surface area contributed by atoms with Gasteiger partial charge in [0.15, 0.2) is 0 Å².